The van der Waals surface area contributed by atoms with Crippen LogP contribution in [0.15, 0.2) is 28.8 Å². The Labute approximate surface area is 147 Å². The Morgan fingerprint density at radius 3 is 3.12 bits per heavy atom. The molecule has 2 heterocycles. The Morgan fingerprint density at radius 2 is 2.36 bits per heavy atom. The molecule has 2 unspecified atom stereocenters. The van der Waals surface area contributed by atoms with E-state index in [0.717, 1.165) is 38.2 Å². The largest absolute Gasteiger partial charge is 0.387 e. The number of aliphatic hydroxyl groups excluding tert-OH is 1. The molecule has 0 saturated carbocycles. The summed E-state index contributed by atoms with van der Waals surface area (Å²) in [5.41, 5.74) is 0.596. The van der Waals surface area contributed by atoms with E-state index in [4.69, 9.17) is 4.52 Å². The number of hydrogen-bond donors (Lipinski definition) is 2. The van der Waals surface area contributed by atoms with Crippen molar-refractivity contribution in [1.29, 1.82) is 0 Å². The van der Waals surface area contributed by atoms with Crippen LogP contribution < -0.4 is 5.32 Å². The topological polar surface area (TPSA) is 74.4 Å². The molecule has 2 atom stereocenters. The van der Waals surface area contributed by atoms with Crippen LogP contribution in [0.1, 0.15) is 43.1 Å². The minimum Gasteiger partial charge on any atom is -0.387 e. The number of rotatable bonds is 7. The molecular formula is C18H25FN4O2. The number of aryl methyl sites for hydroxylation is 1. The van der Waals surface area contributed by atoms with Gasteiger partial charge in [0.2, 0.25) is 5.89 Å². The van der Waals surface area contributed by atoms with E-state index in [1.807, 2.05) is 6.92 Å². The molecule has 1 saturated heterocycles. The zero-order chi connectivity index (χ0) is 17.6. The number of hydrogen-bond acceptors (Lipinski definition) is 6. The summed E-state index contributed by atoms with van der Waals surface area (Å²) in [6, 6.07) is 6.40. The van der Waals surface area contributed by atoms with Gasteiger partial charge in [-0.1, -0.05) is 24.2 Å². The first kappa shape index (κ1) is 18.0. The van der Waals surface area contributed by atoms with E-state index in [2.05, 4.69) is 20.4 Å². The van der Waals surface area contributed by atoms with Gasteiger partial charge in [-0.3, -0.25) is 4.90 Å². The summed E-state index contributed by atoms with van der Waals surface area (Å²) in [6.45, 7) is 4.94. The van der Waals surface area contributed by atoms with Crippen molar-refractivity contribution >= 4 is 0 Å². The van der Waals surface area contributed by atoms with E-state index >= 15 is 0 Å². The van der Waals surface area contributed by atoms with Crippen LogP contribution in [0.4, 0.5) is 4.39 Å². The smallest absolute Gasteiger partial charge is 0.226 e. The van der Waals surface area contributed by atoms with E-state index in [0.29, 0.717) is 24.5 Å². The van der Waals surface area contributed by atoms with Gasteiger partial charge in [0.1, 0.15) is 5.82 Å². The summed E-state index contributed by atoms with van der Waals surface area (Å²) in [5, 5.41) is 17.6. The number of likely N-dealkylation sites (tertiary alicyclic amines) is 1. The molecule has 3 rings (SSSR count). The first-order valence-corrected chi connectivity index (χ1v) is 8.84. The van der Waals surface area contributed by atoms with Gasteiger partial charge < -0.3 is 14.9 Å². The summed E-state index contributed by atoms with van der Waals surface area (Å²) < 4.78 is 18.4. The Hall–Kier alpha value is -1.83. The highest BCUT2D eigenvalue weighted by Crippen LogP contribution is 2.16. The summed E-state index contributed by atoms with van der Waals surface area (Å²) in [4.78, 5) is 6.65. The highest BCUT2D eigenvalue weighted by Gasteiger charge is 2.22. The van der Waals surface area contributed by atoms with Gasteiger partial charge in [-0.25, -0.2) is 4.39 Å². The quantitative estimate of drug-likeness (QED) is 0.798. The van der Waals surface area contributed by atoms with E-state index < -0.39 is 6.10 Å². The minimum absolute atomic E-state index is 0.287. The molecule has 1 aromatic heterocycles. The zero-order valence-electron chi connectivity index (χ0n) is 14.5. The molecule has 2 N–H and O–H groups in total. The number of aromatic nitrogens is 2. The van der Waals surface area contributed by atoms with Crippen molar-refractivity contribution in [3.05, 3.63) is 47.4 Å². The van der Waals surface area contributed by atoms with Gasteiger partial charge in [-0.15, -0.1) is 0 Å². The first-order chi connectivity index (χ1) is 12.1. The van der Waals surface area contributed by atoms with Crippen LogP contribution in [-0.2, 0) is 13.0 Å². The van der Waals surface area contributed by atoms with Crippen LogP contribution in [0.3, 0.4) is 0 Å². The molecule has 7 heteroatoms. The van der Waals surface area contributed by atoms with Gasteiger partial charge in [-0.2, -0.15) is 4.98 Å². The van der Waals surface area contributed by atoms with E-state index in [-0.39, 0.29) is 11.9 Å². The highest BCUT2D eigenvalue weighted by atomic mass is 19.1. The summed E-state index contributed by atoms with van der Waals surface area (Å²) in [5.74, 6) is 1.06. The minimum atomic E-state index is -0.713. The predicted molar refractivity (Wildman–Crippen MR) is 91.3 cm³/mol. The summed E-state index contributed by atoms with van der Waals surface area (Å²) in [7, 11) is 0. The molecule has 136 valence electrons. The van der Waals surface area contributed by atoms with Crippen molar-refractivity contribution in [3.63, 3.8) is 0 Å². The normalized spacial score (nSPS) is 19.9. The van der Waals surface area contributed by atoms with E-state index in [1.165, 1.54) is 12.1 Å². The monoisotopic (exact) mass is 348 g/mol. The van der Waals surface area contributed by atoms with Crippen molar-refractivity contribution in [2.24, 2.45) is 0 Å². The van der Waals surface area contributed by atoms with Crippen molar-refractivity contribution in [1.82, 2.24) is 20.4 Å². The SMILES string of the molecule is CCc1nc(CN2CCCC(NCC(O)c3cccc(F)c3)C2)no1. The number of benzene rings is 1. The van der Waals surface area contributed by atoms with Gasteiger partial charge in [0.05, 0.1) is 12.6 Å². The fraction of sp³-hybridized carbons (Fsp3) is 0.556. The molecule has 1 aliphatic rings. The first-order valence-electron chi connectivity index (χ1n) is 8.84. The number of halogens is 1. The fourth-order valence-electron chi connectivity index (χ4n) is 3.17. The van der Waals surface area contributed by atoms with Gasteiger partial charge in [0, 0.05) is 25.6 Å². The Balaban J connectivity index is 1.48. The van der Waals surface area contributed by atoms with Gasteiger partial charge in [-0.05, 0) is 37.1 Å². The zero-order valence-corrected chi connectivity index (χ0v) is 14.5. The molecule has 1 fully saturated rings. The molecule has 1 aromatic carbocycles. The van der Waals surface area contributed by atoms with Gasteiger partial charge >= 0.3 is 0 Å². The standard InChI is InChI=1S/C18H25FN4O2/c1-2-18-21-17(22-25-18)12-23-8-4-7-15(11-23)20-10-16(24)13-5-3-6-14(19)9-13/h3,5-6,9,15-16,20,24H,2,4,7-8,10-12H2,1H3. The number of nitrogens with one attached hydrogen (secondary N) is 1. The molecule has 25 heavy (non-hydrogen) atoms. The van der Waals surface area contributed by atoms with Crippen LogP contribution in [0.25, 0.3) is 0 Å². The van der Waals surface area contributed by atoms with Crippen molar-refractivity contribution < 1.29 is 14.0 Å². The maximum Gasteiger partial charge on any atom is 0.226 e. The molecular weight excluding hydrogens is 323 g/mol. The molecule has 0 amide bonds. The fourth-order valence-corrected chi connectivity index (χ4v) is 3.17. The van der Waals surface area contributed by atoms with E-state index in [9.17, 15) is 9.50 Å². The third kappa shape index (κ3) is 5.07. The second-order valence-electron chi connectivity index (χ2n) is 6.51. The van der Waals surface area contributed by atoms with Crippen LogP contribution in [0, 0.1) is 5.82 Å². The molecule has 0 aliphatic carbocycles. The Morgan fingerprint density at radius 1 is 1.48 bits per heavy atom. The molecule has 2 aromatic rings. The maximum absolute atomic E-state index is 13.3. The lowest BCUT2D eigenvalue weighted by Crippen LogP contribution is -2.46. The lowest BCUT2D eigenvalue weighted by molar-refractivity contribution is 0.142. The summed E-state index contributed by atoms with van der Waals surface area (Å²) in [6.07, 6.45) is 2.16. The molecule has 1 aliphatic heterocycles. The van der Waals surface area contributed by atoms with Gasteiger partial charge in [0.25, 0.3) is 0 Å². The second-order valence-corrected chi connectivity index (χ2v) is 6.51. The average Bonchev–Trinajstić information content (AvgIpc) is 3.07. The number of piperidine rings is 1. The third-order valence-corrected chi connectivity index (χ3v) is 4.52. The van der Waals surface area contributed by atoms with E-state index in [1.54, 1.807) is 12.1 Å². The number of aliphatic hydroxyl groups is 1. The third-order valence-electron chi connectivity index (χ3n) is 4.52. The van der Waals surface area contributed by atoms with Crippen LogP contribution in [-0.4, -0.2) is 45.8 Å². The lowest BCUT2D eigenvalue weighted by Gasteiger charge is -2.33. The number of nitrogens with zero attached hydrogens (tertiary/aromatic N) is 3. The van der Waals surface area contributed by atoms with Crippen LogP contribution >= 0.6 is 0 Å². The molecule has 0 bridgehead atoms. The lowest BCUT2D eigenvalue weighted by atomic mass is 10.0. The molecule has 0 spiro atoms. The maximum atomic E-state index is 13.3. The Bertz CT molecular complexity index is 679. The van der Waals surface area contributed by atoms with Crippen molar-refractivity contribution in [3.8, 4) is 0 Å². The van der Waals surface area contributed by atoms with Crippen LogP contribution in [0.5, 0.6) is 0 Å². The highest BCUT2D eigenvalue weighted by molar-refractivity contribution is 5.19. The predicted octanol–water partition coefficient (Wildman–Crippen LogP) is 2.06. The molecule has 0 radical (unpaired) electrons. The van der Waals surface area contributed by atoms with Gasteiger partial charge in [0.15, 0.2) is 5.82 Å². The van der Waals surface area contributed by atoms with Crippen molar-refractivity contribution in [2.75, 3.05) is 19.6 Å². The Kier molecular flexibility index (Phi) is 6.12. The average molecular weight is 348 g/mol. The van der Waals surface area contributed by atoms with Crippen molar-refractivity contribution in [2.45, 2.75) is 44.9 Å². The second kappa shape index (κ2) is 8.51. The molecule has 6 nitrogen and oxygen atoms in total. The van der Waals surface area contributed by atoms with Crippen LogP contribution in [0.2, 0.25) is 0 Å². The summed E-state index contributed by atoms with van der Waals surface area (Å²) >= 11 is 0.